The molecule has 29 heavy (non-hydrogen) atoms. The molecule has 0 bridgehead atoms. The van der Waals surface area contributed by atoms with E-state index in [1.54, 1.807) is 23.3 Å². The molecule has 1 amide bonds. The zero-order chi connectivity index (χ0) is 21.1. The van der Waals surface area contributed by atoms with E-state index in [-0.39, 0.29) is 13.0 Å². The lowest BCUT2D eigenvalue weighted by Crippen LogP contribution is -2.49. The van der Waals surface area contributed by atoms with Gasteiger partial charge in [-0.1, -0.05) is 11.8 Å². The first-order valence-corrected chi connectivity index (χ1v) is 10.5. The van der Waals surface area contributed by atoms with Crippen LogP contribution in [0.25, 0.3) is 10.9 Å². The van der Waals surface area contributed by atoms with Crippen molar-refractivity contribution in [2.75, 3.05) is 6.26 Å². The Hall–Kier alpha value is -3.29. The standard InChI is InChI=1S/C19H19N5O4S/c1-19(18(25)23-26,29(2,27)28)7-8-24-12-16-9-14(5-6-17(16)22-24)3-4-15-10-20-13-21-11-15/h5-6,9-13,26H,7-8H2,1-2H3,(H,23,25)/t19-/m1/s1. The number of benzene rings is 1. The molecule has 0 fully saturated rings. The van der Waals surface area contributed by atoms with E-state index in [0.717, 1.165) is 17.2 Å². The van der Waals surface area contributed by atoms with Gasteiger partial charge in [-0.15, -0.1) is 0 Å². The van der Waals surface area contributed by atoms with Gasteiger partial charge in [-0.05, 0) is 31.5 Å². The Bertz CT molecular complexity index is 1210. The highest BCUT2D eigenvalue weighted by Gasteiger charge is 2.43. The zero-order valence-electron chi connectivity index (χ0n) is 15.8. The fraction of sp³-hybridized carbons (Fsp3) is 0.263. The van der Waals surface area contributed by atoms with E-state index < -0.39 is 20.5 Å². The maximum atomic E-state index is 12.1. The second-order valence-corrected chi connectivity index (χ2v) is 9.18. The normalized spacial score (nSPS) is 13.3. The number of nitrogens with one attached hydrogen (secondary N) is 1. The molecule has 0 spiro atoms. The van der Waals surface area contributed by atoms with E-state index >= 15 is 0 Å². The minimum absolute atomic E-state index is 0.0487. The number of fused-ring (bicyclic) bond motifs is 1. The third-order valence-corrected chi connectivity index (χ3v) is 6.71. The van der Waals surface area contributed by atoms with Gasteiger partial charge in [0.25, 0.3) is 5.91 Å². The lowest BCUT2D eigenvalue weighted by molar-refractivity contribution is -0.131. The lowest BCUT2D eigenvalue weighted by Gasteiger charge is -2.24. The van der Waals surface area contributed by atoms with Crippen LogP contribution in [0.15, 0.2) is 43.1 Å². The van der Waals surface area contributed by atoms with Crippen LogP contribution < -0.4 is 5.48 Å². The van der Waals surface area contributed by atoms with Crippen LogP contribution in [0.5, 0.6) is 0 Å². The molecular weight excluding hydrogens is 394 g/mol. The number of sulfone groups is 1. The second-order valence-electron chi connectivity index (χ2n) is 6.74. The largest absolute Gasteiger partial charge is 0.289 e. The molecule has 3 aromatic rings. The highest BCUT2D eigenvalue weighted by molar-refractivity contribution is 7.92. The van der Waals surface area contributed by atoms with Crippen LogP contribution in [0.2, 0.25) is 0 Å². The summed E-state index contributed by atoms with van der Waals surface area (Å²) in [5, 5.41) is 14.1. The number of rotatable bonds is 5. The van der Waals surface area contributed by atoms with Crippen molar-refractivity contribution in [3.63, 3.8) is 0 Å². The van der Waals surface area contributed by atoms with Crippen LogP contribution in [-0.4, -0.2) is 50.3 Å². The molecule has 0 radical (unpaired) electrons. The molecule has 2 aromatic heterocycles. The number of carbonyl (C=O) groups excluding carboxylic acids is 1. The fourth-order valence-corrected chi connectivity index (χ4v) is 3.54. The summed E-state index contributed by atoms with van der Waals surface area (Å²) in [6.45, 7) is 1.45. The Labute approximate surface area is 167 Å². The summed E-state index contributed by atoms with van der Waals surface area (Å²) in [6.07, 6.45) is 7.35. The molecule has 0 saturated carbocycles. The van der Waals surface area contributed by atoms with Crippen molar-refractivity contribution in [1.82, 2.24) is 25.2 Å². The first-order valence-electron chi connectivity index (χ1n) is 8.61. The zero-order valence-corrected chi connectivity index (χ0v) is 16.6. The molecule has 2 N–H and O–H groups in total. The van der Waals surface area contributed by atoms with Gasteiger partial charge in [-0.3, -0.25) is 14.7 Å². The smallest absolute Gasteiger partial charge is 0.264 e. The summed E-state index contributed by atoms with van der Waals surface area (Å²) < 4.78 is 23.9. The van der Waals surface area contributed by atoms with Gasteiger partial charge in [0, 0.05) is 42.3 Å². The van der Waals surface area contributed by atoms with Crippen LogP contribution in [0.1, 0.15) is 24.5 Å². The van der Waals surface area contributed by atoms with E-state index in [1.165, 1.54) is 18.7 Å². The number of hydrogen-bond donors (Lipinski definition) is 2. The van der Waals surface area contributed by atoms with Crippen LogP contribution in [0.3, 0.4) is 0 Å². The summed E-state index contributed by atoms with van der Waals surface area (Å²) in [7, 11) is -3.76. The molecule has 0 aliphatic rings. The Kier molecular flexibility index (Phi) is 5.63. The minimum atomic E-state index is -3.76. The Morgan fingerprint density at radius 3 is 2.59 bits per heavy atom. The number of hydrogen-bond acceptors (Lipinski definition) is 7. The van der Waals surface area contributed by atoms with Crippen molar-refractivity contribution in [2.24, 2.45) is 0 Å². The summed E-state index contributed by atoms with van der Waals surface area (Å²) in [5.74, 6) is 5.04. The molecule has 3 rings (SSSR count). The third-order valence-electron chi connectivity index (χ3n) is 4.68. The maximum absolute atomic E-state index is 12.1. The Morgan fingerprint density at radius 1 is 1.24 bits per heavy atom. The van der Waals surface area contributed by atoms with Crippen LogP contribution in [0.4, 0.5) is 0 Å². The molecule has 0 unspecified atom stereocenters. The molecular formula is C19H19N5O4S. The highest BCUT2D eigenvalue weighted by atomic mass is 32.2. The Balaban J connectivity index is 1.82. The summed E-state index contributed by atoms with van der Waals surface area (Å²) in [4.78, 5) is 19.7. The monoisotopic (exact) mass is 413 g/mol. The average molecular weight is 413 g/mol. The van der Waals surface area contributed by atoms with Gasteiger partial charge in [-0.2, -0.15) is 5.10 Å². The predicted molar refractivity (Wildman–Crippen MR) is 106 cm³/mol. The van der Waals surface area contributed by atoms with Crippen molar-refractivity contribution >= 4 is 26.6 Å². The molecule has 0 saturated heterocycles. The van der Waals surface area contributed by atoms with E-state index in [2.05, 4.69) is 26.9 Å². The van der Waals surface area contributed by atoms with Crippen molar-refractivity contribution in [2.45, 2.75) is 24.6 Å². The number of carbonyl (C=O) groups is 1. The van der Waals surface area contributed by atoms with E-state index in [1.807, 2.05) is 18.2 Å². The van der Waals surface area contributed by atoms with Crippen LogP contribution in [-0.2, 0) is 21.2 Å². The molecule has 9 nitrogen and oxygen atoms in total. The summed E-state index contributed by atoms with van der Waals surface area (Å²) in [5.41, 5.74) is 3.63. The number of nitrogens with zero attached hydrogens (tertiary/aromatic N) is 4. The second kappa shape index (κ2) is 7.98. The molecule has 150 valence electrons. The number of aromatic nitrogens is 4. The van der Waals surface area contributed by atoms with Crippen molar-refractivity contribution in [3.8, 4) is 11.8 Å². The Morgan fingerprint density at radius 2 is 1.93 bits per heavy atom. The molecule has 10 heteroatoms. The van der Waals surface area contributed by atoms with Crippen molar-refractivity contribution < 1.29 is 18.4 Å². The molecule has 1 atom stereocenters. The van der Waals surface area contributed by atoms with E-state index in [4.69, 9.17) is 5.21 Å². The summed E-state index contributed by atoms with van der Waals surface area (Å²) >= 11 is 0. The highest BCUT2D eigenvalue weighted by Crippen LogP contribution is 2.23. The van der Waals surface area contributed by atoms with Gasteiger partial charge in [0.15, 0.2) is 14.6 Å². The van der Waals surface area contributed by atoms with E-state index in [0.29, 0.717) is 11.1 Å². The van der Waals surface area contributed by atoms with Gasteiger partial charge in [0.1, 0.15) is 6.33 Å². The minimum Gasteiger partial charge on any atom is -0.289 e. The molecule has 2 heterocycles. The van der Waals surface area contributed by atoms with Gasteiger partial charge < -0.3 is 0 Å². The van der Waals surface area contributed by atoms with E-state index in [9.17, 15) is 13.2 Å². The first-order chi connectivity index (χ1) is 13.7. The summed E-state index contributed by atoms with van der Waals surface area (Å²) in [6, 6.07) is 5.51. The molecule has 0 aliphatic carbocycles. The first kappa shape index (κ1) is 20.4. The van der Waals surface area contributed by atoms with Crippen LogP contribution >= 0.6 is 0 Å². The maximum Gasteiger partial charge on any atom is 0.264 e. The number of hydroxylamine groups is 1. The van der Waals surface area contributed by atoms with Crippen molar-refractivity contribution in [1.29, 1.82) is 0 Å². The van der Waals surface area contributed by atoms with Crippen molar-refractivity contribution in [3.05, 3.63) is 54.2 Å². The van der Waals surface area contributed by atoms with Gasteiger partial charge >= 0.3 is 0 Å². The topological polar surface area (TPSA) is 127 Å². The number of aryl methyl sites for hydroxylation is 1. The quantitative estimate of drug-likeness (QED) is 0.362. The van der Waals surface area contributed by atoms with Gasteiger partial charge in [0.2, 0.25) is 0 Å². The number of amides is 1. The van der Waals surface area contributed by atoms with Gasteiger partial charge in [-0.25, -0.2) is 23.9 Å². The van der Waals surface area contributed by atoms with Crippen LogP contribution in [0, 0.1) is 11.8 Å². The average Bonchev–Trinajstić information content (AvgIpc) is 3.12. The fourth-order valence-electron chi connectivity index (χ4n) is 2.69. The predicted octanol–water partition coefficient (Wildman–Crippen LogP) is 0.925. The third kappa shape index (κ3) is 4.42. The molecule has 1 aromatic carbocycles. The van der Waals surface area contributed by atoms with Gasteiger partial charge in [0.05, 0.1) is 11.1 Å². The SMILES string of the molecule is C[C@@](CCn1cc2cc(C#Cc3cncnc3)ccc2n1)(C(=O)NO)S(C)(=O)=O. The lowest BCUT2D eigenvalue weighted by atomic mass is 10.1. The molecule has 0 aliphatic heterocycles.